The monoisotopic (exact) mass is 271 g/mol. The minimum absolute atomic E-state index is 0.292. The van der Waals surface area contributed by atoms with Crippen molar-refractivity contribution in [2.45, 2.75) is 26.3 Å². The Morgan fingerprint density at radius 1 is 1.53 bits per heavy atom. The van der Waals surface area contributed by atoms with E-state index in [0.717, 1.165) is 23.1 Å². The van der Waals surface area contributed by atoms with Crippen LogP contribution in [0.1, 0.15) is 29.6 Å². The molecule has 4 nitrogen and oxygen atoms in total. The van der Waals surface area contributed by atoms with Crippen molar-refractivity contribution < 1.29 is 4.52 Å². The predicted molar refractivity (Wildman–Crippen MR) is 68.5 cm³/mol. The number of nitrogens with zero attached hydrogens (tertiary/aromatic N) is 2. The maximum atomic E-state index is 5.90. The molecule has 17 heavy (non-hydrogen) atoms. The first-order valence-corrected chi connectivity index (χ1v) is 6.62. The van der Waals surface area contributed by atoms with E-state index in [1.54, 1.807) is 18.3 Å². The van der Waals surface area contributed by atoms with E-state index < -0.39 is 0 Å². The second-order valence-corrected chi connectivity index (χ2v) is 5.54. The minimum Gasteiger partial charge on any atom is -0.340 e. The van der Waals surface area contributed by atoms with Gasteiger partial charge in [-0.15, -0.1) is 11.3 Å². The zero-order valence-electron chi connectivity index (χ0n) is 9.74. The fourth-order valence-electron chi connectivity index (χ4n) is 1.50. The molecule has 2 aromatic heterocycles. The second kappa shape index (κ2) is 5.62. The van der Waals surface area contributed by atoms with Gasteiger partial charge in [0.15, 0.2) is 5.82 Å². The molecular formula is C11H14ClN3OS. The average molecular weight is 272 g/mol. The average Bonchev–Trinajstić information content (AvgIpc) is 2.88. The molecule has 92 valence electrons. The molecule has 0 aliphatic rings. The van der Waals surface area contributed by atoms with Gasteiger partial charge in [-0.05, 0) is 19.1 Å². The summed E-state index contributed by atoms with van der Waals surface area (Å²) in [5, 5.41) is 7.24. The van der Waals surface area contributed by atoms with Crippen molar-refractivity contribution in [3.8, 4) is 0 Å². The highest BCUT2D eigenvalue weighted by atomic mass is 35.5. The Morgan fingerprint density at radius 2 is 2.35 bits per heavy atom. The van der Waals surface area contributed by atoms with Gasteiger partial charge >= 0.3 is 0 Å². The van der Waals surface area contributed by atoms with Crippen LogP contribution in [0.15, 0.2) is 16.7 Å². The van der Waals surface area contributed by atoms with Crippen molar-refractivity contribution in [3.63, 3.8) is 0 Å². The van der Waals surface area contributed by atoms with Gasteiger partial charge in [0.2, 0.25) is 5.89 Å². The molecule has 0 saturated carbocycles. The van der Waals surface area contributed by atoms with Crippen LogP contribution in [0.2, 0.25) is 4.34 Å². The van der Waals surface area contributed by atoms with Crippen LogP contribution in [0.25, 0.3) is 0 Å². The fraction of sp³-hybridized carbons (Fsp3) is 0.455. The molecule has 0 amide bonds. The van der Waals surface area contributed by atoms with Crippen LogP contribution in [0.3, 0.4) is 0 Å². The largest absolute Gasteiger partial charge is 0.340 e. The third-order valence-corrected chi connectivity index (χ3v) is 3.80. The number of aromatic nitrogens is 2. The number of rotatable bonds is 5. The molecule has 1 N–H and O–H groups in total. The maximum absolute atomic E-state index is 5.90. The van der Waals surface area contributed by atoms with E-state index in [0.29, 0.717) is 11.9 Å². The summed E-state index contributed by atoms with van der Waals surface area (Å²) in [6, 6.07) is 4.26. The van der Waals surface area contributed by atoms with Gasteiger partial charge in [0.25, 0.3) is 0 Å². The summed E-state index contributed by atoms with van der Waals surface area (Å²) in [6.07, 6.45) is 0.765. The molecule has 0 radical (unpaired) electrons. The lowest BCUT2D eigenvalue weighted by atomic mass is 10.2. The first-order chi connectivity index (χ1) is 8.15. The van der Waals surface area contributed by atoms with Gasteiger partial charge in [0, 0.05) is 30.8 Å². The van der Waals surface area contributed by atoms with E-state index in [9.17, 15) is 0 Å². The smallest absolute Gasteiger partial charge is 0.223 e. The molecule has 0 spiro atoms. The van der Waals surface area contributed by atoms with Crippen LogP contribution in [0.5, 0.6) is 0 Å². The summed E-state index contributed by atoms with van der Waals surface area (Å²) in [7, 11) is 0. The number of hydrogen-bond acceptors (Lipinski definition) is 5. The van der Waals surface area contributed by atoms with Gasteiger partial charge in [-0.1, -0.05) is 16.8 Å². The van der Waals surface area contributed by atoms with Crippen LogP contribution < -0.4 is 5.32 Å². The quantitative estimate of drug-likeness (QED) is 0.908. The van der Waals surface area contributed by atoms with E-state index in [4.69, 9.17) is 16.1 Å². The zero-order chi connectivity index (χ0) is 12.3. The number of nitrogens with one attached hydrogen (secondary N) is 1. The zero-order valence-corrected chi connectivity index (χ0v) is 11.3. The highest BCUT2D eigenvalue weighted by molar-refractivity contribution is 7.16. The van der Waals surface area contributed by atoms with Crippen LogP contribution in [0, 0.1) is 6.92 Å². The molecule has 2 rings (SSSR count). The Bertz CT molecular complexity index is 483. The molecule has 1 unspecified atom stereocenters. The number of thiophene rings is 1. The van der Waals surface area contributed by atoms with Crippen molar-refractivity contribution in [1.82, 2.24) is 15.5 Å². The van der Waals surface area contributed by atoms with Crippen molar-refractivity contribution in [3.05, 3.63) is 33.1 Å². The number of halogens is 1. The van der Waals surface area contributed by atoms with Gasteiger partial charge in [-0.25, -0.2) is 0 Å². The Kier molecular flexibility index (Phi) is 4.15. The van der Waals surface area contributed by atoms with Crippen LogP contribution in [-0.4, -0.2) is 16.7 Å². The van der Waals surface area contributed by atoms with Crippen LogP contribution in [0.4, 0.5) is 0 Å². The van der Waals surface area contributed by atoms with Crippen molar-refractivity contribution in [1.29, 1.82) is 0 Å². The van der Waals surface area contributed by atoms with Crippen LogP contribution in [-0.2, 0) is 6.42 Å². The molecule has 0 saturated heterocycles. The molecule has 6 heteroatoms. The lowest BCUT2D eigenvalue weighted by Gasteiger charge is -2.10. The summed E-state index contributed by atoms with van der Waals surface area (Å²) in [6.45, 7) is 4.72. The fourth-order valence-corrected chi connectivity index (χ4v) is 2.59. The number of aryl methyl sites for hydroxylation is 1. The summed E-state index contributed by atoms with van der Waals surface area (Å²) < 4.78 is 5.73. The van der Waals surface area contributed by atoms with E-state index in [-0.39, 0.29) is 0 Å². The third-order valence-electron chi connectivity index (χ3n) is 2.39. The molecule has 0 fully saturated rings. The normalized spacial score (nSPS) is 12.9. The SMILES string of the molecule is Cc1nc(CCNC(C)c2ccc(Cl)s2)no1. The molecular weight excluding hydrogens is 258 g/mol. The summed E-state index contributed by atoms with van der Waals surface area (Å²) in [5.74, 6) is 1.35. The lowest BCUT2D eigenvalue weighted by Crippen LogP contribution is -2.20. The van der Waals surface area contributed by atoms with Crippen molar-refractivity contribution in [2.24, 2.45) is 0 Å². The maximum Gasteiger partial charge on any atom is 0.223 e. The summed E-state index contributed by atoms with van der Waals surface area (Å²) in [5.41, 5.74) is 0. The lowest BCUT2D eigenvalue weighted by molar-refractivity contribution is 0.386. The first-order valence-electron chi connectivity index (χ1n) is 5.43. The van der Waals surface area contributed by atoms with Gasteiger partial charge in [-0.2, -0.15) is 4.98 Å². The molecule has 2 aromatic rings. The highest BCUT2D eigenvalue weighted by Crippen LogP contribution is 2.26. The van der Waals surface area contributed by atoms with E-state index in [1.807, 2.05) is 12.1 Å². The van der Waals surface area contributed by atoms with Crippen molar-refractivity contribution in [2.75, 3.05) is 6.54 Å². The molecule has 1 atom stereocenters. The second-order valence-electron chi connectivity index (χ2n) is 3.80. The van der Waals surface area contributed by atoms with Crippen LogP contribution >= 0.6 is 22.9 Å². The standard InChI is InChI=1S/C11H14ClN3OS/c1-7(9-3-4-10(12)17-9)13-6-5-11-14-8(2)16-15-11/h3-4,7,13H,5-6H2,1-2H3. The highest BCUT2D eigenvalue weighted by Gasteiger charge is 2.08. The van der Waals surface area contributed by atoms with E-state index in [1.165, 1.54) is 4.88 Å². The first kappa shape index (κ1) is 12.5. The third kappa shape index (κ3) is 3.52. The molecule has 2 heterocycles. The molecule has 0 aliphatic heterocycles. The van der Waals surface area contributed by atoms with Crippen molar-refractivity contribution >= 4 is 22.9 Å². The molecule has 0 aliphatic carbocycles. The van der Waals surface area contributed by atoms with Gasteiger partial charge < -0.3 is 9.84 Å². The predicted octanol–water partition coefficient (Wildman–Crippen LogP) is 2.99. The minimum atomic E-state index is 0.292. The van der Waals surface area contributed by atoms with E-state index in [2.05, 4.69) is 22.4 Å². The van der Waals surface area contributed by atoms with Gasteiger partial charge in [0.05, 0.1) is 4.34 Å². The Hall–Kier alpha value is -0.910. The summed E-state index contributed by atoms with van der Waals surface area (Å²) >= 11 is 7.49. The molecule has 0 bridgehead atoms. The Morgan fingerprint density at radius 3 is 2.94 bits per heavy atom. The van der Waals surface area contributed by atoms with Gasteiger partial charge in [0.1, 0.15) is 0 Å². The molecule has 0 aromatic carbocycles. The number of hydrogen-bond donors (Lipinski definition) is 1. The Labute approximate surface area is 109 Å². The van der Waals surface area contributed by atoms with E-state index >= 15 is 0 Å². The summed E-state index contributed by atoms with van der Waals surface area (Å²) in [4.78, 5) is 5.38. The van der Waals surface area contributed by atoms with Gasteiger partial charge in [-0.3, -0.25) is 0 Å². The topological polar surface area (TPSA) is 51.0 Å². The Balaban J connectivity index is 1.78.